The van der Waals surface area contributed by atoms with Crippen LogP contribution in [0.4, 0.5) is 0 Å². The van der Waals surface area contributed by atoms with Crippen molar-refractivity contribution in [2.45, 2.75) is 50.9 Å². The highest BCUT2D eigenvalue weighted by Gasteiger charge is 2.55. The van der Waals surface area contributed by atoms with Gasteiger partial charge in [-0.3, -0.25) is 9.59 Å². The van der Waals surface area contributed by atoms with Gasteiger partial charge in [0, 0.05) is 25.5 Å². The van der Waals surface area contributed by atoms with Crippen LogP contribution in [-0.2, 0) is 14.3 Å². The van der Waals surface area contributed by atoms with Gasteiger partial charge in [0.15, 0.2) is 23.6 Å². The van der Waals surface area contributed by atoms with Crippen molar-refractivity contribution in [3.63, 3.8) is 0 Å². The normalized spacial score (nSPS) is 24.2. The first-order valence-electron chi connectivity index (χ1n) is 11.1. The first-order valence-corrected chi connectivity index (χ1v) is 11.5. The van der Waals surface area contributed by atoms with Crippen LogP contribution in [-0.4, -0.2) is 58.5 Å². The number of hydrogen-bond acceptors (Lipinski definition) is 10. The van der Waals surface area contributed by atoms with E-state index in [1.54, 1.807) is 6.92 Å². The maximum Gasteiger partial charge on any atom is 0.259 e. The van der Waals surface area contributed by atoms with Gasteiger partial charge in [-0.05, 0) is 32.3 Å². The summed E-state index contributed by atoms with van der Waals surface area (Å²) in [6.45, 7) is 2.68. The number of Topliss-reactive ketones (excluding diaryl/α,β-unsaturated/α-hetero) is 1. The Morgan fingerprint density at radius 2 is 2.15 bits per heavy atom. The number of rotatable bonds is 6. The number of fused-ring (bicyclic) bond motifs is 1. The summed E-state index contributed by atoms with van der Waals surface area (Å²) < 4.78 is 28.4. The Balaban J connectivity index is 1.47. The average molecular weight is 491 g/mol. The van der Waals surface area contributed by atoms with Crippen LogP contribution in [0, 0.1) is 6.92 Å². The molecule has 2 aromatic rings. The lowest BCUT2D eigenvalue weighted by atomic mass is 9.83. The van der Waals surface area contributed by atoms with Crippen LogP contribution in [0.1, 0.15) is 48.3 Å². The van der Waals surface area contributed by atoms with Crippen molar-refractivity contribution in [2.75, 3.05) is 19.8 Å². The molecule has 1 fully saturated rings. The Kier molecular flexibility index (Phi) is 6.05. The van der Waals surface area contributed by atoms with Crippen molar-refractivity contribution < 1.29 is 38.2 Å². The van der Waals surface area contributed by atoms with E-state index in [1.165, 1.54) is 6.07 Å². The van der Waals surface area contributed by atoms with E-state index in [1.807, 2.05) is 0 Å². The molecule has 2 aliphatic heterocycles. The third-order valence-corrected chi connectivity index (χ3v) is 6.41. The van der Waals surface area contributed by atoms with E-state index in [0.717, 1.165) is 25.3 Å². The number of nitrogens with zero attached hydrogens (tertiary/aromatic N) is 2. The predicted molar refractivity (Wildman–Crippen MR) is 117 cm³/mol. The molecule has 0 bridgehead atoms. The maximum absolute atomic E-state index is 13.5. The zero-order valence-electron chi connectivity index (χ0n) is 18.5. The van der Waals surface area contributed by atoms with E-state index in [-0.39, 0.29) is 66.1 Å². The molecule has 1 aromatic carbocycles. The van der Waals surface area contributed by atoms with Crippen molar-refractivity contribution >= 4 is 23.2 Å². The van der Waals surface area contributed by atoms with Crippen LogP contribution in [0.5, 0.6) is 11.5 Å². The van der Waals surface area contributed by atoms with Crippen molar-refractivity contribution in [1.82, 2.24) is 10.1 Å². The third-order valence-electron chi connectivity index (χ3n) is 6.03. The van der Waals surface area contributed by atoms with Crippen LogP contribution in [0.3, 0.4) is 0 Å². The molecule has 1 spiro atoms. The van der Waals surface area contributed by atoms with Gasteiger partial charge in [-0.25, -0.2) is 0 Å². The number of aromatic nitrogens is 2. The summed E-state index contributed by atoms with van der Waals surface area (Å²) in [5, 5.41) is 14.4. The molecular weight excluding hydrogens is 468 g/mol. The topological polar surface area (TPSA) is 130 Å². The predicted octanol–water partition coefficient (Wildman–Crippen LogP) is 3.74. The molecule has 1 unspecified atom stereocenters. The molecule has 5 rings (SSSR count). The van der Waals surface area contributed by atoms with Crippen LogP contribution >= 0.6 is 11.6 Å². The fourth-order valence-electron chi connectivity index (χ4n) is 4.30. The number of ketones is 2. The summed E-state index contributed by atoms with van der Waals surface area (Å²) in [4.78, 5) is 29.5. The molecule has 3 heterocycles. The highest BCUT2D eigenvalue weighted by molar-refractivity contribution is 6.36. The first-order chi connectivity index (χ1) is 16.4. The smallest absolute Gasteiger partial charge is 0.259 e. The Hall–Kier alpha value is -2.95. The number of benzene rings is 1. The van der Waals surface area contributed by atoms with Crippen LogP contribution in [0.2, 0.25) is 5.02 Å². The Morgan fingerprint density at radius 1 is 1.29 bits per heavy atom. The van der Waals surface area contributed by atoms with E-state index < -0.39 is 17.1 Å². The van der Waals surface area contributed by atoms with Gasteiger partial charge in [0.25, 0.3) is 5.89 Å². The minimum absolute atomic E-state index is 0.0193. The van der Waals surface area contributed by atoms with Crippen LogP contribution in [0.25, 0.3) is 11.5 Å². The SMILES string of the molecule is Cc1noc(-c2cc(OCCOC3CCCCO3)c3c(c2Cl)O[C@]2(CCC(=O)C=C2O)C3=O)n1. The zero-order valence-corrected chi connectivity index (χ0v) is 19.2. The molecule has 34 heavy (non-hydrogen) atoms. The van der Waals surface area contributed by atoms with Gasteiger partial charge in [-0.2, -0.15) is 4.98 Å². The monoisotopic (exact) mass is 490 g/mol. The third kappa shape index (κ3) is 3.95. The number of aliphatic hydroxyl groups excluding tert-OH is 1. The summed E-state index contributed by atoms with van der Waals surface area (Å²) >= 11 is 6.61. The maximum atomic E-state index is 13.5. The van der Waals surface area contributed by atoms with Gasteiger partial charge >= 0.3 is 0 Å². The Morgan fingerprint density at radius 3 is 2.85 bits per heavy atom. The van der Waals surface area contributed by atoms with Crippen molar-refractivity contribution in [3.05, 3.63) is 34.3 Å². The Bertz CT molecular complexity index is 1170. The summed E-state index contributed by atoms with van der Waals surface area (Å²) in [7, 11) is 0. The highest BCUT2D eigenvalue weighted by atomic mass is 35.5. The van der Waals surface area contributed by atoms with E-state index >= 15 is 0 Å². The standard InChI is InChI=1S/C23H23ClN2O8/c1-12-25-22(34-26-12)14-11-15(30-8-9-32-17-4-2-3-7-31-17)18-20(19(14)24)33-23(21(18)29)6-5-13(27)10-16(23)28/h10-11,17,28H,2-9H2,1H3/t17?,23-/m0/s1. The first kappa shape index (κ1) is 22.8. The van der Waals surface area contributed by atoms with Gasteiger partial charge in [0.05, 0.1) is 17.2 Å². The van der Waals surface area contributed by atoms with Gasteiger partial charge in [0.2, 0.25) is 11.4 Å². The fraction of sp³-hybridized carbons (Fsp3) is 0.478. The molecule has 1 N–H and O–H groups in total. The summed E-state index contributed by atoms with van der Waals surface area (Å²) in [5.74, 6) is -0.564. The molecule has 0 amide bonds. The van der Waals surface area contributed by atoms with E-state index in [4.69, 9.17) is 35.1 Å². The number of allylic oxidation sites excluding steroid dienone is 1. The number of hydrogen-bond donors (Lipinski definition) is 1. The molecule has 10 nitrogen and oxygen atoms in total. The lowest BCUT2D eigenvalue weighted by Gasteiger charge is -2.28. The molecule has 1 aromatic heterocycles. The van der Waals surface area contributed by atoms with Gasteiger partial charge in [-0.1, -0.05) is 16.8 Å². The zero-order chi connectivity index (χ0) is 23.9. The molecule has 0 radical (unpaired) electrons. The summed E-state index contributed by atoms with van der Waals surface area (Å²) in [6.07, 6.45) is 3.63. The Labute approximate surface area is 199 Å². The second kappa shape index (κ2) is 9.01. The van der Waals surface area contributed by atoms with Crippen molar-refractivity contribution in [2.24, 2.45) is 0 Å². The number of aryl methyl sites for hydroxylation is 1. The van der Waals surface area contributed by atoms with E-state index in [9.17, 15) is 14.7 Å². The fourth-order valence-corrected chi connectivity index (χ4v) is 4.56. The van der Waals surface area contributed by atoms with Gasteiger partial charge in [0.1, 0.15) is 23.7 Å². The van der Waals surface area contributed by atoms with E-state index in [0.29, 0.717) is 18.0 Å². The minimum atomic E-state index is -1.73. The van der Waals surface area contributed by atoms with E-state index in [2.05, 4.69) is 10.1 Å². The number of aliphatic hydroxyl groups is 1. The number of carbonyl (C=O) groups excluding carboxylic acids is 2. The molecular formula is C23H23ClN2O8. The van der Waals surface area contributed by atoms with Crippen LogP contribution < -0.4 is 9.47 Å². The number of halogens is 1. The highest BCUT2D eigenvalue weighted by Crippen LogP contribution is 2.52. The largest absolute Gasteiger partial charge is 0.507 e. The lowest BCUT2D eigenvalue weighted by molar-refractivity contribution is -0.165. The minimum Gasteiger partial charge on any atom is -0.507 e. The summed E-state index contributed by atoms with van der Waals surface area (Å²) in [5.41, 5.74) is -1.34. The second-order valence-corrected chi connectivity index (χ2v) is 8.73. The van der Waals surface area contributed by atoms with Crippen molar-refractivity contribution in [1.29, 1.82) is 0 Å². The molecule has 1 aliphatic carbocycles. The molecule has 2 atom stereocenters. The van der Waals surface area contributed by atoms with Gasteiger partial charge < -0.3 is 28.6 Å². The average Bonchev–Trinajstić information content (AvgIpc) is 3.38. The molecule has 3 aliphatic rings. The van der Waals surface area contributed by atoms with Crippen LogP contribution in [0.15, 0.2) is 22.4 Å². The van der Waals surface area contributed by atoms with Crippen molar-refractivity contribution in [3.8, 4) is 23.0 Å². The number of ether oxygens (including phenoxy) is 4. The number of carbonyl (C=O) groups is 2. The second-order valence-electron chi connectivity index (χ2n) is 8.36. The molecule has 180 valence electrons. The van der Waals surface area contributed by atoms with Gasteiger partial charge in [-0.15, -0.1) is 0 Å². The molecule has 1 saturated heterocycles. The summed E-state index contributed by atoms with van der Waals surface area (Å²) in [6, 6.07) is 1.53. The quantitative estimate of drug-likeness (QED) is 0.597. The molecule has 11 heteroatoms. The lowest BCUT2D eigenvalue weighted by Crippen LogP contribution is -2.45. The molecule has 0 saturated carbocycles.